The number of hydrogen-bond donors (Lipinski definition) is 3. The van der Waals surface area contributed by atoms with Gasteiger partial charge in [-0.2, -0.15) is 9.10 Å². The van der Waals surface area contributed by atoms with Gasteiger partial charge in [-0.1, -0.05) is 54.6 Å². The van der Waals surface area contributed by atoms with Crippen LogP contribution >= 0.6 is 11.3 Å². The molecule has 0 bridgehead atoms. The molecule has 3 heterocycles. The van der Waals surface area contributed by atoms with Gasteiger partial charge >= 0.3 is 12.1 Å². The molecule has 23 heteroatoms. The van der Waals surface area contributed by atoms with Crippen molar-refractivity contribution in [2.45, 2.75) is 68.3 Å². The van der Waals surface area contributed by atoms with Crippen LogP contribution in [0, 0.1) is 0 Å². The summed E-state index contributed by atoms with van der Waals surface area (Å²) >= 11 is 1.07. The number of methoxy groups -OCH3 is 3. The highest BCUT2D eigenvalue weighted by Gasteiger charge is 2.40. The third-order valence-electron chi connectivity index (χ3n) is 11.5. The van der Waals surface area contributed by atoms with Crippen molar-refractivity contribution in [3.05, 3.63) is 137 Å². The molecule has 0 spiro atoms. The third kappa shape index (κ3) is 12.4. The zero-order valence-corrected chi connectivity index (χ0v) is 43.1. The lowest BCUT2D eigenvalue weighted by atomic mass is 9.98. The molecule has 1 saturated heterocycles. The molecule has 7 aromatic rings. The van der Waals surface area contributed by atoms with Gasteiger partial charge in [0.15, 0.2) is 10.8 Å². The first kappa shape index (κ1) is 51.9. The Balaban J connectivity index is 1.33. The molecule has 5 aromatic carbocycles. The van der Waals surface area contributed by atoms with Crippen LogP contribution < -0.4 is 24.2 Å². The molecule has 3 N–H and O–H groups in total. The summed E-state index contributed by atoms with van der Waals surface area (Å²) in [5.41, 5.74) is 1.79. The van der Waals surface area contributed by atoms with E-state index in [0.717, 1.165) is 16.9 Å². The second-order valence-corrected chi connectivity index (χ2v) is 22.3. The number of carbonyl (C=O) groups is 2. The van der Waals surface area contributed by atoms with E-state index in [-0.39, 0.29) is 66.9 Å². The Kier molecular flexibility index (Phi) is 15.4. The van der Waals surface area contributed by atoms with E-state index in [1.165, 1.54) is 45.7 Å². The Hall–Kier alpha value is -7.44. The van der Waals surface area contributed by atoms with E-state index < -0.39 is 53.5 Å². The highest BCUT2D eigenvalue weighted by Crippen LogP contribution is 2.42. The lowest BCUT2D eigenvalue weighted by Crippen LogP contribution is -2.41. The van der Waals surface area contributed by atoms with Gasteiger partial charge in [0.25, 0.3) is 0 Å². The molecule has 2 aromatic heterocycles. The number of ether oxygens (including phenoxy) is 4. The fourth-order valence-corrected chi connectivity index (χ4v) is 12.4. The van der Waals surface area contributed by atoms with E-state index in [0.29, 0.717) is 39.6 Å². The molecular weight excluding hydrogens is 999 g/mol. The minimum atomic E-state index is -4.99. The molecule has 0 saturated carbocycles. The minimum Gasteiger partial charge on any atom is -0.497 e. The van der Waals surface area contributed by atoms with Gasteiger partial charge in [0, 0.05) is 43.3 Å². The number of anilines is 2. The lowest BCUT2D eigenvalue weighted by molar-refractivity contribution is 0.0291. The van der Waals surface area contributed by atoms with E-state index in [1.807, 2.05) is 12.1 Å². The first-order valence-electron chi connectivity index (χ1n) is 22.7. The maximum Gasteiger partial charge on any atom is 0.410 e. The van der Waals surface area contributed by atoms with Gasteiger partial charge < -0.3 is 34.3 Å². The Bertz CT molecular complexity index is 3280. The van der Waals surface area contributed by atoms with E-state index in [9.17, 15) is 14.7 Å². The number of sulfonamides is 2. The van der Waals surface area contributed by atoms with Gasteiger partial charge in [-0.05, 0) is 115 Å². The summed E-state index contributed by atoms with van der Waals surface area (Å²) in [6.45, 7) is 4.96. The van der Waals surface area contributed by atoms with Crippen LogP contribution in [0.1, 0.15) is 54.4 Å². The van der Waals surface area contributed by atoms with Gasteiger partial charge in [0.1, 0.15) is 32.6 Å². The zero-order valence-electron chi connectivity index (χ0n) is 40.7. The minimum absolute atomic E-state index is 0.0453. The molecule has 0 radical (unpaired) electrons. The van der Waals surface area contributed by atoms with Gasteiger partial charge in [-0.15, -0.1) is 21.5 Å². The summed E-state index contributed by atoms with van der Waals surface area (Å²) < 4.78 is 88.4. The fraction of sp³-hybridized carbons (Fsp3) is 0.280. The van der Waals surface area contributed by atoms with Crippen molar-refractivity contribution in [2.75, 3.05) is 39.7 Å². The number of carboxylic acids is 1. The van der Waals surface area contributed by atoms with Crippen molar-refractivity contribution in [1.82, 2.24) is 39.1 Å². The molecular formula is C50H53N9O11S3. The predicted molar refractivity (Wildman–Crippen MR) is 272 cm³/mol. The van der Waals surface area contributed by atoms with E-state index in [2.05, 4.69) is 25.3 Å². The predicted octanol–water partition coefficient (Wildman–Crippen LogP) is 7.66. The van der Waals surface area contributed by atoms with Crippen molar-refractivity contribution >= 4 is 54.3 Å². The van der Waals surface area contributed by atoms with Gasteiger partial charge in [-0.25, -0.2) is 36.1 Å². The quantitative estimate of drug-likeness (QED) is 0.0703. The number of tetrazole rings is 1. The number of likely N-dealkylation sites (tertiary alicyclic amines) is 1. The number of aromatic nitrogens is 5. The monoisotopic (exact) mass is 1050 g/mol. The fourth-order valence-electron chi connectivity index (χ4n) is 7.97. The summed E-state index contributed by atoms with van der Waals surface area (Å²) in [6, 6.07) is 29.5. The van der Waals surface area contributed by atoms with Crippen molar-refractivity contribution in [1.29, 1.82) is 0 Å². The Labute approximate surface area is 426 Å². The number of carbonyl (C=O) groups excluding carboxylic acids is 1. The SMILES string of the molecule is COc1ccc(CN(Cc2ccc(OC)cc2)S(=O)(=O)c2c(S(=O)(=O)N[C@@H]3CCN(C(=O)OC(C)(C)C)C3)ccc(-c3cccc(Nc4nc(C(=O)O)cs4)c3)c2-c2nnn(Cc3ccc(OC)cc3)n2)cc1. The maximum atomic E-state index is 16.2. The molecule has 20 nitrogen and oxygen atoms in total. The Morgan fingerprint density at radius 2 is 1.42 bits per heavy atom. The summed E-state index contributed by atoms with van der Waals surface area (Å²) in [6.07, 6.45) is -0.407. The number of nitrogens with zero attached hydrogens (tertiary/aromatic N) is 7. The molecule has 1 aliphatic heterocycles. The van der Waals surface area contributed by atoms with Crippen LogP contribution in [0.4, 0.5) is 15.6 Å². The van der Waals surface area contributed by atoms with E-state index in [4.69, 9.17) is 24.0 Å². The van der Waals surface area contributed by atoms with Crippen molar-refractivity contribution in [3.8, 4) is 39.8 Å². The second-order valence-electron chi connectivity index (χ2n) is 17.9. The average Bonchev–Trinajstić information content (AvgIpc) is 4.16. The molecule has 382 valence electrons. The normalized spacial score (nSPS) is 14.0. The first-order valence-corrected chi connectivity index (χ1v) is 26.5. The Morgan fingerprint density at radius 1 is 0.822 bits per heavy atom. The number of benzene rings is 5. The number of carboxylic acid groups (broad SMARTS) is 1. The zero-order chi connectivity index (χ0) is 52.1. The van der Waals surface area contributed by atoms with Crippen LogP contribution in [0.2, 0.25) is 0 Å². The lowest BCUT2D eigenvalue weighted by Gasteiger charge is -2.27. The van der Waals surface area contributed by atoms with Crippen LogP contribution in [0.3, 0.4) is 0 Å². The molecule has 1 amide bonds. The Morgan fingerprint density at radius 3 is 1.99 bits per heavy atom. The van der Waals surface area contributed by atoms with Gasteiger partial charge in [-0.3, -0.25) is 0 Å². The first-order chi connectivity index (χ1) is 34.8. The summed E-state index contributed by atoms with van der Waals surface area (Å²) in [4.78, 5) is 30.4. The van der Waals surface area contributed by atoms with Crippen molar-refractivity contribution in [2.24, 2.45) is 0 Å². The van der Waals surface area contributed by atoms with Gasteiger partial charge in [0.05, 0.1) is 33.4 Å². The van der Waals surface area contributed by atoms with Gasteiger partial charge in [0.2, 0.25) is 25.9 Å². The second kappa shape index (κ2) is 21.7. The number of rotatable bonds is 19. The molecule has 1 fully saturated rings. The largest absolute Gasteiger partial charge is 0.497 e. The molecule has 73 heavy (non-hydrogen) atoms. The molecule has 8 rings (SSSR count). The highest BCUT2D eigenvalue weighted by molar-refractivity contribution is 7.92. The van der Waals surface area contributed by atoms with E-state index >= 15 is 16.8 Å². The maximum absolute atomic E-state index is 16.2. The molecule has 0 unspecified atom stereocenters. The topological polar surface area (TPSA) is 247 Å². The number of thiazole rings is 1. The number of nitrogens with one attached hydrogen (secondary N) is 2. The standard InChI is InChI=1S/C50H53N9O11S3/c1-50(2,3)70-49(62)57-25-24-37(30-57)55-72(63,64)43-23-22-41(35-8-7-9-36(26-35)51-48-52-42(31-71-48)47(60)61)44(46-53-56-59(54-46)29-34-14-20-40(69-6)21-15-34)45(43)73(65,66)58(27-32-10-16-38(67-4)17-11-32)28-33-12-18-39(68-5)19-13-33/h7-23,26,31,37,55H,24-25,27-30H2,1-6H3,(H,51,52)(H,60,61)/t37-/m1/s1. The van der Waals surface area contributed by atoms with Crippen LogP contribution in [0.5, 0.6) is 17.2 Å². The molecule has 1 atom stereocenters. The van der Waals surface area contributed by atoms with Crippen molar-refractivity contribution < 1.29 is 50.5 Å². The highest BCUT2D eigenvalue weighted by atomic mass is 32.2. The number of hydrogen-bond acceptors (Lipinski definition) is 16. The summed E-state index contributed by atoms with van der Waals surface area (Å²) in [7, 11) is -5.21. The van der Waals surface area contributed by atoms with Crippen molar-refractivity contribution in [3.63, 3.8) is 0 Å². The van der Waals surface area contributed by atoms with Crippen LogP contribution in [-0.4, -0.2) is 114 Å². The summed E-state index contributed by atoms with van der Waals surface area (Å²) in [5, 5.41) is 27.8. The third-order valence-corrected chi connectivity index (χ3v) is 15.8. The molecule has 0 aliphatic carbocycles. The number of aromatic carboxylic acids is 1. The van der Waals surface area contributed by atoms with Crippen LogP contribution in [0.25, 0.3) is 22.5 Å². The summed E-state index contributed by atoms with van der Waals surface area (Å²) in [5.74, 6) is 0.291. The molecule has 1 aliphatic rings. The van der Waals surface area contributed by atoms with E-state index in [1.54, 1.807) is 113 Å². The van der Waals surface area contributed by atoms with Crippen LogP contribution in [-0.2, 0) is 44.4 Å². The smallest absolute Gasteiger partial charge is 0.410 e. The number of amides is 1. The average molecular weight is 1050 g/mol. The van der Waals surface area contributed by atoms with Crippen LogP contribution in [0.15, 0.2) is 124 Å².